The van der Waals surface area contributed by atoms with E-state index < -0.39 is 11.9 Å². The van der Waals surface area contributed by atoms with Gasteiger partial charge in [-0.05, 0) is 31.5 Å². The third-order valence-electron chi connectivity index (χ3n) is 2.98. The molecule has 0 spiro atoms. The monoisotopic (exact) mass is 284 g/mol. The molecule has 0 aromatic heterocycles. The van der Waals surface area contributed by atoms with Crippen LogP contribution in [0, 0.1) is 0 Å². The number of hydrogen-bond acceptors (Lipinski definition) is 3. The molecule has 3 N–H and O–H groups in total. The molecule has 1 unspecified atom stereocenters. The molecule has 1 amide bonds. The van der Waals surface area contributed by atoms with Gasteiger partial charge in [0.2, 0.25) is 5.91 Å². The number of primary amides is 1. The summed E-state index contributed by atoms with van der Waals surface area (Å²) < 4.78 is 0. The number of carbonyl (C=O) groups is 2. The van der Waals surface area contributed by atoms with E-state index in [1.54, 1.807) is 17.0 Å². The van der Waals surface area contributed by atoms with Gasteiger partial charge < -0.3 is 15.7 Å². The molecule has 0 bridgehead atoms. The van der Waals surface area contributed by atoms with Crippen LogP contribution in [0.1, 0.15) is 30.6 Å². The number of benzene rings is 1. The molecule has 0 aliphatic carbocycles. The minimum atomic E-state index is -0.921. The highest BCUT2D eigenvalue weighted by molar-refractivity contribution is 6.34. The van der Waals surface area contributed by atoms with E-state index in [4.69, 9.17) is 22.4 Å². The maximum absolute atomic E-state index is 11.1. The van der Waals surface area contributed by atoms with Crippen LogP contribution in [-0.4, -0.2) is 29.6 Å². The molecule has 19 heavy (non-hydrogen) atoms. The number of hydrogen-bond donors (Lipinski definition) is 2. The van der Waals surface area contributed by atoms with Crippen molar-refractivity contribution in [3.05, 3.63) is 28.8 Å². The molecule has 0 fully saturated rings. The van der Waals surface area contributed by atoms with Gasteiger partial charge in [0.1, 0.15) is 6.54 Å². The number of carboxylic acid groups (broad SMARTS) is 1. The zero-order chi connectivity index (χ0) is 14.6. The highest BCUT2D eigenvalue weighted by Gasteiger charge is 2.18. The van der Waals surface area contributed by atoms with Gasteiger partial charge in [-0.2, -0.15) is 0 Å². The van der Waals surface area contributed by atoms with E-state index in [-0.39, 0.29) is 23.2 Å². The molecular weight excluding hydrogens is 268 g/mol. The van der Waals surface area contributed by atoms with Crippen molar-refractivity contribution in [2.75, 3.05) is 11.4 Å². The largest absolute Gasteiger partial charge is 0.480 e. The number of amides is 1. The highest BCUT2D eigenvalue weighted by Crippen LogP contribution is 2.25. The first-order chi connectivity index (χ1) is 8.86. The lowest BCUT2D eigenvalue weighted by atomic mass is 10.1. The standard InChI is InChI=1S/C13H17ClN2O3/c1-3-8(2)16(7-12(17)18)9-4-5-10(13(15)19)11(14)6-9/h4-6,8H,3,7H2,1-2H3,(H2,15,19)(H,17,18). The number of halogens is 1. The van der Waals surface area contributed by atoms with Crippen LogP contribution in [0.25, 0.3) is 0 Å². The van der Waals surface area contributed by atoms with E-state index in [2.05, 4.69) is 0 Å². The summed E-state index contributed by atoms with van der Waals surface area (Å²) in [5, 5.41) is 9.18. The average molecular weight is 285 g/mol. The smallest absolute Gasteiger partial charge is 0.323 e. The number of nitrogens with two attached hydrogens (primary N) is 1. The molecule has 1 aromatic carbocycles. The van der Waals surface area contributed by atoms with Gasteiger partial charge in [0.15, 0.2) is 0 Å². The molecule has 0 aliphatic heterocycles. The summed E-state index contributed by atoms with van der Waals surface area (Å²) in [5.41, 5.74) is 6.06. The molecule has 6 heteroatoms. The zero-order valence-corrected chi connectivity index (χ0v) is 11.6. The second-order valence-corrected chi connectivity index (χ2v) is 4.71. The number of aliphatic carboxylic acids is 1. The van der Waals surface area contributed by atoms with Gasteiger partial charge >= 0.3 is 5.97 Å². The Kier molecular flexibility index (Phi) is 5.18. The van der Waals surface area contributed by atoms with E-state index in [9.17, 15) is 9.59 Å². The van der Waals surface area contributed by atoms with E-state index in [1.807, 2.05) is 13.8 Å². The Hall–Kier alpha value is -1.75. The normalized spacial score (nSPS) is 11.9. The van der Waals surface area contributed by atoms with Crippen LogP contribution in [0.2, 0.25) is 5.02 Å². The summed E-state index contributed by atoms with van der Waals surface area (Å²) in [5.74, 6) is -1.53. The molecule has 0 radical (unpaired) electrons. The van der Waals surface area contributed by atoms with Crippen LogP contribution < -0.4 is 10.6 Å². The van der Waals surface area contributed by atoms with Crippen molar-refractivity contribution >= 4 is 29.2 Å². The SMILES string of the molecule is CCC(C)N(CC(=O)O)c1ccc(C(N)=O)c(Cl)c1. The maximum atomic E-state index is 11.1. The lowest BCUT2D eigenvalue weighted by Crippen LogP contribution is -2.37. The van der Waals surface area contributed by atoms with Gasteiger partial charge in [0.25, 0.3) is 0 Å². The van der Waals surface area contributed by atoms with Gasteiger partial charge in [-0.1, -0.05) is 18.5 Å². The van der Waals surface area contributed by atoms with E-state index in [0.29, 0.717) is 5.69 Å². The minimum absolute atomic E-state index is 0.0478. The van der Waals surface area contributed by atoms with Gasteiger partial charge in [-0.15, -0.1) is 0 Å². The van der Waals surface area contributed by atoms with Crippen LogP contribution >= 0.6 is 11.6 Å². The van der Waals surface area contributed by atoms with Gasteiger partial charge in [0, 0.05) is 11.7 Å². The highest BCUT2D eigenvalue weighted by atomic mass is 35.5. The fourth-order valence-corrected chi connectivity index (χ4v) is 2.02. The molecule has 5 nitrogen and oxygen atoms in total. The summed E-state index contributed by atoms with van der Waals surface area (Å²) in [6.07, 6.45) is 0.794. The minimum Gasteiger partial charge on any atom is -0.480 e. The second-order valence-electron chi connectivity index (χ2n) is 4.31. The fraction of sp³-hybridized carbons (Fsp3) is 0.385. The third kappa shape index (κ3) is 3.86. The number of carbonyl (C=O) groups excluding carboxylic acids is 1. The Morgan fingerprint density at radius 1 is 1.47 bits per heavy atom. The van der Waals surface area contributed by atoms with E-state index in [1.165, 1.54) is 6.07 Å². The van der Waals surface area contributed by atoms with Crippen LogP contribution in [0.4, 0.5) is 5.69 Å². The third-order valence-corrected chi connectivity index (χ3v) is 3.29. The first kappa shape index (κ1) is 15.3. The van der Waals surface area contributed by atoms with Gasteiger partial charge in [0.05, 0.1) is 10.6 Å². The van der Waals surface area contributed by atoms with Crippen LogP contribution in [0.15, 0.2) is 18.2 Å². The van der Waals surface area contributed by atoms with Crippen LogP contribution in [-0.2, 0) is 4.79 Å². The van der Waals surface area contributed by atoms with E-state index >= 15 is 0 Å². The maximum Gasteiger partial charge on any atom is 0.323 e. The first-order valence-corrected chi connectivity index (χ1v) is 6.32. The van der Waals surface area contributed by atoms with Crippen molar-refractivity contribution in [3.63, 3.8) is 0 Å². The summed E-state index contributed by atoms with van der Waals surface area (Å²) in [7, 11) is 0. The predicted octanol–water partition coefficient (Wildman–Crippen LogP) is 2.13. The average Bonchev–Trinajstić information content (AvgIpc) is 2.34. The predicted molar refractivity (Wildman–Crippen MR) is 74.7 cm³/mol. The Bertz CT molecular complexity index is 491. The molecule has 0 heterocycles. The molecule has 0 aliphatic rings. The molecule has 1 aromatic rings. The van der Waals surface area contributed by atoms with Crippen molar-refractivity contribution in [2.45, 2.75) is 26.3 Å². The lowest BCUT2D eigenvalue weighted by molar-refractivity contribution is -0.135. The molecule has 0 saturated carbocycles. The Labute approximate surface area is 117 Å². The molecule has 1 atom stereocenters. The zero-order valence-electron chi connectivity index (χ0n) is 10.9. The first-order valence-electron chi connectivity index (χ1n) is 5.94. The van der Waals surface area contributed by atoms with Crippen molar-refractivity contribution in [2.24, 2.45) is 5.73 Å². The van der Waals surface area contributed by atoms with E-state index in [0.717, 1.165) is 6.42 Å². The molecule has 104 valence electrons. The number of carboxylic acids is 1. The topological polar surface area (TPSA) is 83.6 Å². The van der Waals surface area contributed by atoms with Crippen LogP contribution in [0.3, 0.4) is 0 Å². The second kappa shape index (κ2) is 6.43. The van der Waals surface area contributed by atoms with Crippen molar-refractivity contribution in [1.29, 1.82) is 0 Å². The van der Waals surface area contributed by atoms with Gasteiger partial charge in [-0.25, -0.2) is 0 Å². The number of anilines is 1. The Balaban J connectivity index is 3.12. The summed E-state index contributed by atoms with van der Waals surface area (Å²) in [6, 6.07) is 4.78. The molecule has 1 rings (SSSR count). The fourth-order valence-electron chi connectivity index (χ4n) is 1.75. The van der Waals surface area contributed by atoms with Crippen molar-refractivity contribution in [1.82, 2.24) is 0 Å². The lowest BCUT2D eigenvalue weighted by Gasteiger charge is -2.29. The number of nitrogens with zero attached hydrogens (tertiary/aromatic N) is 1. The Morgan fingerprint density at radius 3 is 2.53 bits per heavy atom. The summed E-state index contributed by atoms with van der Waals surface area (Å²) in [4.78, 5) is 23.7. The summed E-state index contributed by atoms with van der Waals surface area (Å²) in [6.45, 7) is 3.78. The quantitative estimate of drug-likeness (QED) is 0.838. The molecular formula is C13H17ClN2O3. The van der Waals surface area contributed by atoms with Crippen molar-refractivity contribution in [3.8, 4) is 0 Å². The summed E-state index contributed by atoms with van der Waals surface area (Å²) >= 11 is 5.98. The van der Waals surface area contributed by atoms with Crippen LogP contribution in [0.5, 0.6) is 0 Å². The number of rotatable bonds is 6. The van der Waals surface area contributed by atoms with Crippen molar-refractivity contribution < 1.29 is 14.7 Å². The Morgan fingerprint density at radius 2 is 2.11 bits per heavy atom. The van der Waals surface area contributed by atoms with Gasteiger partial charge in [-0.3, -0.25) is 9.59 Å². The molecule has 0 saturated heterocycles.